The van der Waals surface area contributed by atoms with Gasteiger partial charge in [-0.15, -0.1) is 0 Å². The number of rotatable bonds is 5. The third-order valence-electron chi connectivity index (χ3n) is 7.52. The van der Waals surface area contributed by atoms with Crippen LogP contribution >= 0.6 is 12.2 Å². The van der Waals surface area contributed by atoms with Crippen molar-refractivity contribution < 1.29 is 4.74 Å². The van der Waals surface area contributed by atoms with Gasteiger partial charge in [-0.25, -0.2) is 4.98 Å². The first kappa shape index (κ1) is 24.6. The molecule has 0 bridgehead atoms. The highest BCUT2D eigenvalue weighted by Crippen LogP contribution is 2.44. The minimum Gasteiger partial charge on any atom is -0.378 e. The van der Waals surface area contributed by atoms with E-state index in [1.807, 2.05) is 24.5 Å². The quantitative estimate of drug-likeness (QED) is 0.360. The van der Waals surface area contributed by atoms with Crippen molar-refractivity contribution in [1.82, 2.24) is 19.9 Å². The van der Waals surface area contributed by atoms with Crippen molar-refractivity contribution in [1.29, 1.82) is 0 Å². The van der Waals surface area contributed by atoms with Crippen molar-refractivity contribution in [3.05, 3.63) is 101 Å². The van der Waals surface area contributed by atoms with Gasteiger partial charge < -0.3 is 24.4 Å². The first-order chi connectivity index (χ1) is 18.5. The van der Waals surface area contributed by atoms with Gasteiger partial charge in [0, 0.05) is 48.2 Å². The zero-order chi connectivity index (χ0) is 26.2. The number of nitrogens with zero attached hydrogens (tertiary/aromatic N) is 5. The molecule has 2 atom stereocenters. The van der Waals surface area contributed by atoms with E-state index >= 15 is 0 Å². The lowest BCUT2D eigenvalue weighted by molar-refractivity contribution is 0.122. The fourth-order valence-corrected chi connectivity index (χ4v) is 5.97. The second-order valence-electron chi connectivity index (χ2n) is 9.97. The van der Waals surface area contributed by atoms with Gasteiger partial charge in [0.25, 0.3) is 0 Å². The molecule has 3 aromatic heterocycles. The zero-order valence-electron chi connectivity index (χ0n) is 22.0. The van der Waals surface area contributed by atoms with Gasteiger partial charge in [-0.1, -0.05) is 12.1 Å². The number of aryl methyl sites for hydroxylation is 2. The molecule has 2 aliphatic rings. The molecule has 0 unspecified atom stereocenters. The Morgan fingerprint density at radius 1 is 0.921 bits per heavy atom. The smallest absolute Gasteiger partial charge is 0.174 e. The van der Waals surface area contributed by atoms with Gasteiger partial charge in [-0.05, 0) is 92.6 Å². The summed E-state index contributed by atoms with van der Waals surface area (Å²) >= 11 is 5.97. The molecule has 2 saturated heterocycles. The van der Waals surface area contributed by atoms with Crippen LogP contribution < -0.4 is 15.1 Å². The minimum atomic E-state index is -0.0949. The molecule has 7 nitrogen and oxygen atoms in total. The highest BCUT2D eigenvalue weighted by atomic mass is 32.1. The van der Waals surface area contributed by atoms with Gasteiger partial charge in [0.1, 0.15) is 5.82 Å². The zero-order valence-corrected chi connectivity index (χ0v) is 22.8. The van der Waals surface area contributed by atoms with Crippen molar-refractivity contribution >= 4 is 28.7 Å². The van der Waals surface area contributed by atoms with Crippen LogP contribution in [0.15, 0.2) is 73.1 Å². The highest BCUT2D eigenvalue weighted by Gasteiger charge is 2.42. The Balaban J connectivity index is 1.43. The van der Waals surface area contributed by atoms with E-state index < -0.39 is 0 Å². The van der Waals surface area contributed by atoms with Gasteiger partial charge in [0.2, 0.25) is 0 Å². The first-order valence-electron chi connectivity index (χ1n) is 13.1. The largest absolute Gasteiger partial charge is 0.378 e. The van der Waals surface area contributed by atoms with Crippen LogP contribution in [-0.2, 0) is 4.74 Å². The van der Waals surface area contributed by atoms with Crippen LogP contribution in [0.5, 0.6) is 0 Å². The Bertz CT molecular complexity index is 1430. The third kappa shape index (κ3) is 4.44. The van der Waals surface area contributed by atoms with Crippen molar-refractivity contribution in [3.8, 4) is 5.82 Å². The number of pyridine rings is 2. The molecule has 0 amide bonds. The summed E-state index contributed by atoms with van der Waals surface area (Å²) < 4.78 is 7.76. The van der Waals surface area contributed by atoms with E-state index in [-0.39, 0.29) is 12.1 Å². The Morgan fingerprint density at radius 2 is 1.68 bits per heavy atom. The number of thiocarbonyl (C=S) groups is 1. The maximum absolute atomic E-state index is 5.97. The normalized spacial score (nSPS) is 19.6. The molecule has 2 aliphatic heterocycles. The number of aromatic nitrogens is 3. The Labute approximate surface area is 229 Å². The summed E-state index contributed by atoms with van der Waals surface area (Å²) in [6.45, 7) is 9.71. The molecule has 1 aromatic carbocycles. The van der Waals surface area contributed by atoms with Crippen LogP contribution in [0, 0.1) is 20.8 Å². The summed E-state index contributed by atoms with van der Waals surface area (Å²) in [6.07, 6.45) is 3.76. The van der Waals surface area contributed by atoms with Gasteiger partial charge in [-0.3, -0.25) is 4.98 Å². The number of morpholine rings is 1. The topological polar surface area (TPSA) is 58.5 Å². The SMILES string of the molecule is Cc1ccc(-n2c(C)cc([C@@H]3[C@@H](c4ccccn4)NC(=S)N3c3ccc(N4CCOCC4)cc3)c2C)nc1. The van der Waals surface area contributed by atoms with Gasteiger partial charge in [0.15, 0.2) is 5.11 Å². The molecule has 38 heavy (non-hydrogen) atoms. The molecule has 2 fully saturated rings. The average Bonchev–Trinajstić information content (AvgIpc) is 3.45. The molecule has 1 N–H and O–H groups in total. The van der Waals surface area contributed by atoms with Crippen molar-refractivity contribution in [3.63, 3.8) is 0 Å². The summed E-state index contributed by atoms with van der Waals surface area (Å²) in [4.78, 5) is 14.0. The van der Waals surface area contributed by atoms with Crippen molar-refractivity contribution in [2.75, 3.05) is 36.1 Å². The second-order valence-corrected chi connectivity index (χ2v) is 10.4. The number of ether oxygens (including phenoxy) is 1. The molecule has 8 heteroatoms. The van der Waals surface area contributed by atoms with E-state index in [1.165, 1.54) is 11.3 Å². The molecule has 4 aromatic rings. The molecule has 194 valence electrons. The Hall–Kier alpha value is -3.75. The van der Waals surface area contributed by atoms with Crippen LogP contribution in [0.25, 0.3) is 5.82 Å². The standard InChI is InChI=1S/C30H32N6OS/c1-20-7-12-27(32-19-20)35-21(2)18-25(22(35)3)29-28(26-6-4-5-13-31-26)33-30(38)36(29)24-10-8-23(9-11-24)34-14-16-37-17-15-34/h4-13,18-19,28-29H,14-17H2,1-3H3,(H,33,38)/t28-,29-/m1/s1. The van der Waals surface area contributed by atoms with Gasteiger partial charge >= 0.3 is 0 Å². The molecule has 5 heterocycles. The van der Waals surface area contributed by atoms with E-state index in [4.69, 9.17) is 26.9 Å². The lowest BCUT2D eigenvalue weighted by Crippen LogP contribution is -2.36. The van der Waals surface area contributed by atoms with E-state index in [0.717, 1.165) is 60.5 Å². The lowest BCUT2D eigenvalue weighted by Gasteiger charge is -2.31. The van der Waals surface area contributed by atoms with E-state index in [9.17, 15) is 0 Å². The van der Waals surface area contributed by atoms with E-state index in [0.29, 0.717) is 5.11 Å². The number of benzene rings is 1. The van der Waals surface area contributed by atoms with Crippen LogP contribution in [0.1, 0.15) is 40.3 Å². The summed E-state index contributed by atoms with van der Waals surface area (Å²) in [5.74, 6) is 0.918. The van der Waals surface area contributed by atoms with E-state index in [1.54, 1.807) is 0 Å². The lowest BCUT2D eigenvalue weighted by atomic mass is 9.96. The van der Waals surface area contributed by atoms with Crippen LogP contribution in [-0.4, -0.2) is 46.0 Å². The average molecular weight is 525 g/mol. The Morgan fingerprint density at radius 3 is 2.37 bits per heavy atom. The third-order valence-corrected chi connectivity index (χ3v) is 7.83. The molecule has 6 rings (SSSR count). The van der Waals surface area contributed by atoms with Crippen LogP contribution in [0.3, 0.4) is 0 Å². The second kappa shape index (κ2) is 10.2. The van der Waals surface area contributed by atoms with Crippen molar-refractivity contribution in [2.24, 2.45) is 0 Å². The Kier molecular flexibility index (Phi) is 6.59. The summed E-state index contributed by atoms with van der Waals surface area (Å²) in [5, 5.41) is 4.29. The summed E-state index contributed by atoms with van der Waals surface area (Å²) in [6, 6.07) is 21.1. The maximum atomic E-state index is 5.97. The van der Waals surface area contributed by atoms with Crippen LogP contribution in [0.2, 0.25) is 0 Å². The van der Waals surface area contributed by atoms with E-state index in [2.05, 4.69) is 89.0 Å². The first-order valence-corrected chi connectivity index (χ1v) is 13.5. The van der Waals surface area contributed by atoms with Gasteiger partial charge in [-0.2, -0.15) is 0 Å². The van der Waals surface area contributed by atoms with Crippen LogP contribution in [0.4, 0.5) is 11.4 Å². The molecule has 0 aliphatic carbocycles. The number of anilines is 2. The molecule has 0 radical (unpaired) electrons. The summed E-state index contributed by atoms with van der Waals surface area (Å²) in [7, 11) is 0. The summed E-state index contributed by atoms with van der Waals surface area (Å²) in [5.41, 5.74) is 7.84. The monoisotopic (exact) mass is 524 g/mol. The molecular formula is C30H32N6OS. The molecular weight excluding hydrogens is 492 g/mol. The van der Waals surface area contributed by atoms with Gasteiger partial charge in [0.05, 0.1) is 31.0 Å². The maximum Gasteiger partial charge on any atom is 0.174 e. The minimum absolute atomic E-state index is 0.0722. The number of hydrogen-bond donors (Lipinski definition) is 1. The fraction of sp³-hybridized carbons (Fsp3) is 0.300. The fourth-order valence-electron chi connectivity index (χ4n) is 5.63. The number of nitrogens with one attached hydrogen (secondary N) is 1. The highest BCUT2D eigenvalue weighted by molar-refractivity contribution is 7.80. The number of hydrogen-bond acceptors (Lipinski definition) is 5. The molecule has 0 spiro atoms. The predicted octanol–water partition coefficient (Wildman–Crippen LogP) is 5.21. The predicted molar refractivity (Wildman–Crippen MR) is 155 cm³/mol. The van der Waals surface area contributed by atoms with Crippen molar-refractivity contribution in [2.45, 2.75) is 32.9 Å². The molecule has 0 saturated carbocycles.